The van der Waals surface area contributed by atoms with Gasteiger partial charge >= 0.3 is 17.9 Å². The summed E-state index contributed by atoms with van der Waals surface area (Å²) in [7, 11) is 0. The molecule has 0 aliphatic carbocycles. The topological polar surface area (TPSA) is 671 Å². The molecular formula is C62H89N17O25S2. The first-order valence-corrected chi connectivity index (χ1v) is 34.6. The van der Waals surface area contributed by atoms with Crippen LogP contribution >= 0.6 is 25.3 Å². The van der Waals surface area contributed by atoms with E-state index >= 15 is 0 Å². The molecular weight excluding hydrogens is 1450 g/mol. The third-order valence-electron chi connectivity index (χ3n) is 16.8. The van der Waals surface area contributed by atoms with Gasteiger partial charge in [-0.3, -0.25) is 91.1 Å². The zero-order valence-corrected chi connectivity index (χ0v) is 58.9. The number of likely N-dealkylation sites (tertiary alicyclic amines) is 2. The van der Waals surface area contributed by atoms with Crippen molar-refractivity contribution in [1.29, 1.82) is 0 Å². The Morgan fingerprint density at radius 2 is 0.877 bits per heavy atom. The minimum absolute atomic E-state index is 0.0580. The lowest BCUT2D eigenvalue weighted by molar-refractivity contribution is -0.144. The van der Waals surface area contributed by atoms with E-state index in [1.165, 1.54) is 0 Å². The van der Waals surface area contributed by atoms with Crippen LogP contribution in [0.25, 0.3) is 0 Å². The van der Waals surface area contributed by atoms with Crippen molar-refractivity contribution in [2.75, 3.05) is 44.4 Å². The van der Waals surface area contributed by atoms with Gasteiger partial charge in [0.1, 0.15) is 78.5 Å². The minimum atomic E-state index is -2.02. The lowest BCUT2D eigenvalue weighted by Gasteiger charge is -2.30. The van der Waals surface area contributed by atoms with E-state index in [0.717, 1.165) is 9.80 Å². The molecule has 3 saturated heterocycles. The molecule has 3 aliphatic rings. The van der Waals surface area contributed by atoms with Crippen LogP contribution in [0.3, 0.4) is 0 Å². The third kappa shape index (κ3) is 28.4. The Hall–Kier alpha value is -10.8. The smallest absolute Gasteiger partial charge is 0.327 e. The van der Waals surface area contributed by atoms with Gasteiger partial charge in [0.05, 0.1) is 26.2 Å². The number of hydrogen-bond donors (Lipinski definition) is 22. The zero-order chi connectivity index (χ0) is 79.1. The van der Waals surface area contributed by atoms with Gasteiger partial charge < -0.3 is 116 Å². The van der Waals surface area contributed by atoms with E-state index in [-0.39, 0.29) is 69.7 Å². The molecule has 584 valence electrons. The number of carbonyl (C=O) groups excluding carboxylic acids is 17. The van der Waals surface area contributed by atoms with Gasteiger partial charge in [-0.25, -0.2) is 4.79 Å². The number of carboxylic acid groups (broad SMARTS) is 3. The van der Waals surface area contributed by atoms with Gasteiger partial charge in [0.2, 0.25) is 100 Å². The fourth-order valence-corrected chi connectivity index (χ4v) is 11.7. The Kier molecular flexibility index (Phi) is 36.0. The van der Waals surface area contributed by atoms with Crippen LogP contribution in [-0.2, 0) is 102 Å². The van der Waals surface area contributed by atoms with Crippen LogP contribution in [0.5, 0.6) is 0 Å². The molecule has 106 heavy (non-hydrogen) atoms. The molecule has 42 nitrogen and oxygen atoms in total. The number of rotatable bonds is 45. The molecule has 3 fully saturated rings. The van der Waals surface area contributed by atoms with Crippen LogP contribution in [-0.4, -0.2) is 277 Å². The number of carbonyl (C=O) groups is 20. The number of nitrogens with two attached hydrogens (primary N) is 3. The van der Waals surface area contributed by atoms with E-state index < -0.39 is 274 Å². The SMILES string of the molecule is NC(=O)CC[C@H](NC(=O)[C@H](CS)NC(=O)[C@H](CC(N)=O)NC(=O)[C@H](CCC(=O)O)NC(=O)[C@@H]1CCCN1C(=O)[C@H](CO)NC(=O)[C@H](Cc1ccccc1)NC(=O)[C@@H]1CCC(=O)N1)C(=O)NCC(=O)N[C@@H](CCC(=O)O)C(=O)N[C@@H](CO)C(=O)N[C@H](CCC(N)=O)C(=O)N1CCC[C@H]1C(=O)N[C@@H](CS)C(=O)O. The zero-order valence-electron chi connectivity index (χ0n) is 57.1. The molecule has 44 heteroatoms. The highest BCUT2D eigenvalue weighted by atomic mass is 32.1. The Labute approximate surface area is 615 Å². The maximum absolute atomic E-state index is 14.1. The number of nitrogens with one attached hydrogen (secondary N) is 12. The average molecular weight is 1540 g/mol. The molecule has 1 aromatic carbocycles. The van der Waals surface area contributed by atoms with E-state index in [0.29, 0.717) is 5.56 Å². The maximum Gasteiger partial charge on any atom is 0.327 e. The summed E-state index contributed by atoms with van der Waals surface area (Å²) in [6, 6.07) is -12.7. The quantitative estimate of drug-likeness (QED) is 0.0270. The number of nitrogens with zero attached hydrogens (tertiary/aromatic N) is 2. The summed E-state index contributed by atoms with van der Waals surface area (Å²) >= 11 is 8.00. The van der Waals surface area contributed by atoms with E-state index in [1.807, 2.05) is 0 Å². The fraction of sp³-hybridized carbons (Fsp3) is 0.581. The second-order valence-electron chi connectivity index (χ2n) is 24.7. The van der Waals surface area contributed by atoms with Crippen molar-refractivity contribution in [1.82, 2.24) is 73.6 Å². The van der Waals surface area contributed by atoms with Crippen LogP contribution in [0.15, 0.2) is 30.3 Å². The van der Waals surface area contributed by atoms with Crippen LogP contribution in [0.2, 0.25) is 0 Å². The van der Waals surface area contributed by atoms with Crippen LogP contribution < -0.4 is 81.0 Å². The predicted octanol–water partition coefficient (Wildman–Crippen LogP) is -10.5. The second-order valence-corrected chi connectivity index (χ2v) is 25.5. The number of thiol groups is 2. The fourth-order valence-electron chi connectivity index (χ4n) is 11.2. The molecule has 1 aromatic rings. The van der Waals surface area contributed by atoms with Gasteiger partial charge in [0.15, 0.2) is 0 Å². The summed E-state index contributed by atoms with van der Waals surface area (Å²) in [5.41, 5.74) is 16.6. The van der Waals surface area contributed by atoms with Gasteiger partial charge in [-0.05, 0) is 63.4 Å². The highest BCUT2D eigenvalue weighted by Crippen LogP contribution is 2.22. The second kappa shape index (κ2) is 43.5. The van der Waals surface area contributed by atoms with Crippen molar-refractivity contribution in [3.8, 4) is 0 Å². The normalized spacial score (nSPS) is 18.0. The Morgan fingerprint density at radius 3 is 1.37 bits per heavy atom. The molecule has 17 amide bonds. The largest absolute Gasteiger partial charge is 0.481 e. The summed E-state index contributed by atoms with van der Waals surface area (Å²) in [5.74, 6) is -23.3. The number of carboxylic acids is 3. The van der Waals surface area contributed by atoms with Crippen LogP contribution in [0.1, 0.15) is 102 Å². The summed E-state index contributed by atoms with van der Waals surface area (Å²) in [6.07, 6.45) is -5.74. The number of aliphatic hydroxyl groups is 2. The van der Waals surface area contributed by atoms with Crippen molar-refractivity contribution in [3.63, 3.8) is 0 Å². The first kappa shape index (κ1) is 87.6. The van der Waals surface area contributed by atoms with Crippen molar-refractivity contribution >= 4 is 144 Å². The van der Waals surface area contributed by atoms with Crippen LogP contribution in [0, 0.1) is 0 Å². The monoisotopic (exact) mass is 1540 g/mol. The van der Waals surface area contributed by atoms with E-state index in [4.69, 9.17) is 17.2 Å². The average Bonchev–Trinajstić information content (AvgIpc) is 1.63. The minimum Gasteiger partial charge on any atom is -0.481 e. The van der Waals surface area contributed by atoms with E-state index in [2.05, 4.69) is 89.1 Å². The molecule has 0 bridgehead atoms. The summed E-state index contributed by atoms with van der Waals surface area (Å²) < 4.78 is 0. The molecule has 0 aromatic heterocycles. The molecule has 0 radical (unpaired) electrons. The summed E-state index contributed by atoms with van der Waals surface area (Å²) in [6.45, 7) is -3.50. The standard InChI is InChI=1S/C62H89N17O25S2/c63-43(82)15-10-30(50(91)66-24-47(86)68-32(13-18-48(87)88)52(93)74-37(25-80)56(97)71-34(11-16-44(64)83)60(101)78-20-4-9-42(78)59(100)77-40(28-106)62(103)104)69-57(98)39(27-105)76-55(96)36(23-45(65)84)73-53(94)33(14-19-49(89)90)70-58(99)41-8-5-21-79(41)61(102)38(26-81)75-54(95)35(22-29-6-2-1-3-7-29)72-51(92)31-12-17-46(85)67-31/h1-3,6-7,30-42,80-81,105-106H,4-5,8-28H2,(H2,63,82)(H2,64,83)(H2,65,84)(H,66,91)(H,67,85)(H,68,86)(H,69,98)(H,70,99)(H,71,97)(H,72,92)(H,73,94)(H,74,93)(H,75,95)(H,76,96)(H,77,100)(H,87,88)(H,89,90)(H,103,104)/t30-,31-,32-,33-,34+,35-,36-,37-,38-,39-,40-,41-,42-/m0/s1. The first-order chi connectivity index (χ1) is 50.1. The molecule has 23 N–H and O–H groups in total. The lowest BCUT2D eigenvalue weighted by Crippen LogP contribution is -2.61. The lowest BCUT2D eigenvalue weighted by atomic mass is 10.0. The number of aliphatic carboxylic acids is 3. The molecule has 0 unspecified atom stereocenters. The van der Waals surface area contributed by atoms with Gasteiger partial charge in [-0.1, -0.05) is 30.3 Å². The molecule has 4 rings (SSSR count). The third-order valence-corrected chi connectivity index (χ3v) is 17.5. The highest BCUT2D eigenvalue weighted by Gasteiger charge is 2.43. The van der Waals surface area contributed by atoms with Crippen molar-refractivity contribution < 1.29 is 121 Å². The molecule has 3 heterocycles. The number of aliphatic hydroxyl groups excluding tert-OH is 2. The molecule has 0 saturated carbocycles. The van der Waals surface area contributed by atoms with Gasteiger partial charge in [0, 0.05) is 63.1 Å². The maximum atomic E-state index is 14.1. The van der Waals surface area contributed by atoms with Crippen LogP contribution in [0.4, 0.5) is 0 Å². The summed E-state index contributed by atoms with van der Waals surface area (Å²) in [4.78, 5) is 263. The number of benzene rings is 1. The van der Waals surface area contributed by atoms with Crippen molar-refractivity contribution in [3.05, 3.63) is 35.9 Å². The van der Waals surface area contributed by atoms with Gasteiger partial charge in [0.25, 0.3) is 0 Å². The highest BCUT2D eigenvalue weighted by molar-refractivity contribution is 7.80. The van der Waals surface area contributed by atoms with E-state index in [9.17, 15) is 121 Å². The number of amides is 17. The van der Waals surface area contributed by atoms with E-state index in [1.54, 1.807) is 30.3 Å². The summed E-state index contributed by atoms with van der Waals surface area (Å²) in [5, 5.41) is 76.5. The van der Waals surface area contributed by atoms with Gasteiger partial charge in [-0.2, -0.15) is 25.3 Å². The Balaban J connectivity index is 1.44. The number of primary amides is 3. The Bertz CT molecular complexity index is 3450. The molecule has 0 spiro atoms. The van der Waals surface area contributed by atoms with Crippen molar-refractivity contribution in [2.24, 2.45) is 17.2 Å². The van der Waals surface area contributed by atoms with Crippen molar-refractivity contribution in [2.45, 2.75) is 181 Å². The number of hydrogen-bond acceptors (Lipinski definition) is 24. The first-order valence-electron chi connectivity index (χ1n) is 33.3. The molecule has 3 aliphatic heterocycles. The predicted molar refractivity (Wildman–Crippen MR) is 367 cm³/mol. The molecule has 13 atom stereocenters. The Morgan fingerprint density at radius 1 is 0.462 bits per heavy atom. The van der Waals surface area contributed by atoms with Gasteiger partial charge in [-0.15, -0.1) is 0 Å².